The maximum atomic E-state index is 4.35. The van der Waals surface area contributed by atoms with Crippen molar-refractivity contribution in [1.29, 1.82) is 0 Å². The van der Waals surface area contributed by atoms with E-state index in [1.807, 2.05) is 30.5 Å². The van der Waals surface area contributed by atoms with Gasteiger partial charge in [0.15, 0.2) is 0 Å². The van der Waals surface area contributed by atoms with E-state index in [0.29, 0.717) is 6.54 Å². The summed E-state index contributed by atoms with van der Waals surface area (Å²) >= 11 is 0. The van der Waals surface area contributed by atoms with Gasteiger partial charge in [-0.05, 0) is 34.9 Å². The van der Waals surface area contributed by atoms with Gasteiger partial charge < -0.3 is 4.99 Å². The van der Waals surface area contributed by atoms with Crippen molar-refractivity contribution in [2.75, 3.05) is 60.0 Å². The largest absolute Gasteiger partial charge is 2.00 e. The Labute approximate surface area is 214 Å². The molecule has 1 aromatic heterocycles. The Morgan fingerprint density at radius 3 is 1.72 bits per heavy atom. The molecule has 0 aliphatic heterocycles. The minimum absolute atomic E-state index is 0. The van der Waals surface area contributed by atoms with Gasteiger partial charge in [0.1, 0.15) is 0 Å². The Morgan fingerprint density at radius 1 is 0.875 bits per heavy atom. The van der Waals surface area contributed by atoms with Gasteiger partial charge in [0.05, 0.1) is 6.54 Å². The van der Waals surface area contributed by atoms with Crippen LogP contribution >= 0.6 is 23.8 Å². The normalized spacial score (nSPS) is 10.5. The number of pyridine rings is 1. The van der Waals surface area contributed by atoms with Gasteiger partial charge in [-0.3, -0.25) is 4.98 Å². The van der Waals surface area contributed by atoms with Crippen LogP contribution in [0.4, 0.5) is 0 Å². The van der Waals surface area contributed by atoms with E-state index in [2.05, 4.69) is 109 Å². The standard InChI is InChI=1S/C17H18N2.3C3H9P.Fe/c1-17(2,3)15-9-7-14(8-10-15)12-18-13-16-6-4-5-11-19-16;3*1-4(2)3;/h4-5,7,9-12H,13H2,1-3H3;3*1-3H3;/q-2;;;;+2/p+3. The minimum atomic E-state index is 0. The fourth-order valence-electron chi connectivity index (χ4n) is 1.66. The van der Waals surface area contributed by atoms with Crippen LogP contribution in [0.1, 0.15) is 37.6 Å². The summed E-state index contributed by atoms with van der Waals surface area (Å²) in [7, 11) is 0.361. The van der Waals surface area contributed by atoms with Crippen LogP contribution in [-0.4, -0.2) is 71.2 Å². The van der Waals surface area contributed by atoms with Crippen molar-refractivity contribution in [2.45, 2.75) is 32.7 Å². The van der Waals surface area contributed by atoms with E-state index in [1.54, 1.807) is 6.20 Å². The van der Waals surface area contributed by atoms with Crippen LogP contribution in [0.3, 0.4) is 0 Å². The molecule has 1 heterocycles. The molecule has 182 valence electrons. The molecule has 0 fully saturated rings. The molecule has 0 aliphatic carbocycles. The second-order valence-corrected chi connectivity index (χ2v) is 19.0. The van der Waals surface area contributed by atoms with Gasteiger partial charge in [0, 0.05) is 60.0 Å². The molecule has 0 amide bonds. The Balaban J connectivity index is -0.000000539. The van der Waals surface area contributed by atoms with E-state index in [-0.39, 0.29) is 46.2 Å². The van der Waals surface area contributed by atoms with E-state index in [4.69, 9.17) is 0 Å². The van der Waals surface area contributed by atoms with Crippen molar-refractivity contribution in [1.82, 2.24) is 4.98 Å². The first-order valence-electron chi connectivity index (χ1n) is 10.9. The Kier molecular flexibility index (Phi) is 24.3. The molecule has 0 radical (unpaired) electrons. The maximum absolute atomic E-state index is 4.35. The molecule has 0 spiro atoms. The quantitative estimate of drug-likeness (QED) is 0.182. The molecule has 2 aromatic rings. The zero-order valence-electron chi connectivity index (χ0n) is 22.5. The number of benzene rings is 1. The van der Waals surface area contributed by atoms with E-state index in [1.165, 1.54) is 5.56 Å². The second-order valence-electron chi connectivity index (χ2n) is 9.98. The summed E-state index contributed by atoms with van der Waals surface area (Å²) < 4.78 is 0. The summed E-state index contributed by atoms with van der Waals surface area (Å²) in [6, 6.07) is 16.2. The monoisotopic (exact) mass is 537 g/mol. The van der Waals surface area contributed by atoms with Crippen LogP contribution in [0.5, 0.6) is 0 Å². The minimum Gasteiger partial charge on any atom is -0.336 e. The van der Waals surface area contributed by atoms with Crippen molar-refractivity contribution in [3.63, 3.8) is 0 Å². The number of hydrogen-bond donors (Lipinski definition) is 0. The van der Waals surface area contributed by atoms with Crippen molar-refractivity contribution < 1.29 is 17.1 Å². The number of aliphatic imine (C=N–C) groups is 1. The second kappa shape index (κ2) is 21.4. The molecule has 0 atom stereocenters. The summed E-state index contributed by atoms with van der Waals surface area (Å²) in [5.41, 5.74) is 3.28. The molecule has 2 rings (SSSR count). The van der Waals surface area contributed by atoms with Crippen LogP contribution in [0.25, 0.3) is 0 Å². The first kappa shape index (κ1) is 36.4. The third-order valence-electron chi connectivity index (χ3n) is 2.84. The molecule has 1 aromatic carbocycles. The SMILES string of the molecule is CC(C)(C)c1c[c-]c(C=NCc2[c-]cccn2)cc1.C[PH+](C)C.C[PH+](C)C.C[PH+](C)C.[Fe+2]. The summed E-state index contributed by atoms with van der Waals surface area (Å²) in [5, 5.41) is 0. The van der Waals surface area contributed by atoms with Gasteiger partial charge in [0.25, 0.3) is 0 Å². The summed E-state index contributed by atoms with van der Waals surface area (Å²) in [4.78, 5) is 8.53. The Morgan fingerprint density at radius 2 is 1.38 bits per heavy atom. The molecule has 0 N–H and O–H groups in total. The first-order valence-corrected chi connectivity index (χ1v) is 19.9. The van der Waals surface area contributed by atoms with Crippen molar-refractivity contribution in [2.24, 2.45) is 4.99 Å². The molecular formula is C26H48FeN2P3+3. The fraction of sp³-hybridized carbons (Fsp3) is 0.538. The van der Waals surface area contributed by atoms with Crippen LogP contribution in [0.2, 0.25) is 0 Å². The van der Waals surface area contributed by atoms with Gasteiger partial charge in [-0.25, -0.2) is 12.1 Å². The van der Waals surface area contributed by atoms with Crippen molar-refractivity contribution in [3.8, 4) is 0 Å². The smallest absolute Gasteiger partial charge is 0.336 e. The van der Waals surface area contributed by atoms with Crippen LogP contribution < -0.4 is 0 Å². The van der Waals surface area contributed by atoms with E-state index >= 15 is 0 Å². The number of nitrogens with zero attached hydrogens (tertiary/aromatic N) is 2. The number of aromatic nitrogens is 1. The fourth-order valence-corrected chi connectivity index (χ4v) is 1.66. The van der Waals surface area contributed by atoms with Crippen molar-refractivity contribution in [3.05, 3.63) is 65.5 Å². The molecule has 2 nitrogen and oxygen atoms in total. The zero-order valence-corrected chi connectivity index (χ0v) is 26.6. The van der Waals surface area contributed by atoms with E-state index in [0.717, 1.165) is 11.3 Å². The zero-order chi connectivity index (χ0) is 24.4. The molecule has 0 saturated carbocycles. The Hall–Kier alpha value is -0.151. The summed E-state index contributed by atoms with van der Waals surface area (Å²) in [6.07, 6.45) is 3.58. The molecule has 0 unspecified atom stereocenters. The number of hydrogen-bond acceptors (Lipinski definition) is 2. The maximum Gasteiger partial charge on any atom is 2.00 e. The molecule has 0 aliphatic rings. The predicted molar refractivity (Wildman–Crippen MR) is 157 cm³/mol. The van der Waals surface area contributed by atoms with Crippen LogP contribution in [0, 0.1) is 12.1 Å². The molecule has 0 saturated heterocycles. The van der Waals surface area contributed by atoms with Crippen LogP contribution in [-0.2, 0) is 29.0 Å². The molecular weight excluding hydrogens is 489 g/mol. The summed E-state index contributed by atoms with van der Waals surface area (Å²) in [6.45, 7) is 27.6. The average molecular weight is 537 g/mol. The number of rotatable bonds is 3. The predicted octanol–water partition coefficient (Wildman–Crippen LogP) is 6.87. The average Bonchev–Trinajstić information content (AvgIpc) is 2.61. The van der Waals surface area contributed by atoms with Gasteiger partial charge in [-0.15, -0.1) is 35.4 Å². The van der Waals surface area contributed by atoms with E-state index < -0.39 is 0 Å². The van der Waals surface area contributed by atoms with Gasteiger partial charge in [-0.1, -0.05) is 33.2 Å². The molecule has 6 heteroatoms. The van der Waals surface area contributed by atoms with Gasteiger partial charge in [-0.2, -0.15) is 6.07 Å². The summed E-state index contributed by atoms with van der Waals surface area (Å²) in [5.74, 6) is 0. The van der Waals surface area contributed by atoms with Gasteiger partial charge in [0.2, 0.25) is 0 Å². The Bertz CT molecular complexity index is 658. The third kappa shape index (κ3) is 27.9. The van der Waals surface area contributed by atoms with Gasteiger partial charge >= 0.3 is 17.1 Å². The molecule has 32 heavy (non-hydrogen) atoms. The van der Waals surface area contributed by atoms with E-state index in [9.17, 15) is 0 Å². The first-order chi connectivity index (χ1) is 14.3. The van der Waals surface area contributed by atoms with Crippen LogP contribution in [0.15, 0.2) is 41.5 Å². The van der Waals surface area contributed by atoms with Crippen molar-refractivity contribution >= 4 is 30.0 Å². The third-order valence-corrected chi connectivity index (χ3v) is 2.84. The molecule has 0 bridgehead atoms. The topological polar surface area (TPSA) is 25.2 Å².